The van der Waals surface area contributed by atoms with Crippen molar-refractivity contribution in [2.45, 2.75) is 6.92 Å². The monoisotopic (exact) mass is 174 g/mol. The Morgan fingerprint density at radius 1 is 1.77 bits per heavy atom. The predicted octanol–water partition coefficient (Wildman–Crippen LogP) is 1.65. The summed E-state index contributed by atoms with van der Waals surface area (Å²) in [7, 11) is 0. The van der Waals surface area contributed by atoms with Crippen molar-refractivity contribution >= 4 is 6.72 Å². The number of rotatable bonds is 4. The van der Waals surface area contributed by atoms with Crippen LogP contribution in [0.15, 0.2) is 28.6 Å². The number of allylic oxidation sites excluding steroid dienone is 3. The first-order chi connectivity index (χ1) is 6.29. The maximum Gasteiger partial charge on any atom is 0.231 e. The third-order valence-corrected chi connectivity index (χ3v) is 1.12. The molecule has 3 heteroatoms. The van der Waals surface area contributed by atoms with Crippen LogP contribution in [0.2, 0.25) is 0 Å². The molecule has 0 fully saturated rings. The standard InChI is InChI=1S/C10H10N2O/c1-4-6-9(8-11)10(12-3)13-7-5-2/h2,4,6H,3,7H2,1H3/b6-4-,10-9-. The van der Waals surface area contributed by atoms with Crippen LogP contribution in [0, 0.1) is 23.7 Å². The summed E-state index contributed by atoms with van der Waals surface area (Å²) in [6.07, 6.45) is 8.28. The first kappa shape index (κ1) is 11.0. The van der Waals surface area contributed by atoms with E-state index in [2.05, 4.69) is 17.6 Å². The van der Waals surface area contributed by atoms with Gasteiger partial charge < -0.3 is 4.74 Å². The molecule has 0 aliphatic rings. The van der Waals surface area contributed by atoms with E-state index < -0.39 is 0 Å². The van der Waals surface area contributed by atoms with E-state index in [9.17, 15) is 0 Å². The fourth-order valence-electron chi connectivity index (χ4n) is 0.642. The number of nitriles is 1. The molecule has 0 spiro atoms. The van der Waals surface area contributed by atoms with Crippen LogP contribution in [0.1, 0.15) is 6.92 Å². The van der Waals surface area contributed by atoms with Crippen LogP contribution in [-0.4, -0.2) is 13.3 Å². The van der Waals surface area contributed by atoms with Crippen molar-refractivity contribution in [3.8, 4) is 18.4 Å². The molecule has 0 atom stereocenters. The summed E-state index contributed by atoms with van der Waals surface area (Å²) in [6.45, 7) is 5.15. The van der Waals surface area contributed by atoms with Crippen molar-refractivity contribution in [2.75, 3.05) is 6.61 Å². The summed E-state index contributed by atoms with van der Waals surface area (Å²) in [5, 5.41) is 8.68. The lowest BCUT2D eigenvalue weighted by Gasteiger charge is -2.01. The van der Waals surface area contributed by atoms with Gasteiger partial charge in [0.2, 0.25) is 5.88 Å². The van der Waals surface area contributed by atoms with E-state index in [4.69, 9.17) is 16.4 Å². The third kappa shape index (κ3) is 3.79. The first-order valence-electron chi connectivity index (χ1n) is 3.60. The predicted molar refractivity (Wildman–Crippen MR) is 51.8 cm³/mol. The zero-order valence-electron chi connectivity index (χ0n) is 7.45. The molecular weight excluding hydrogens is 164 g/mol. The zero-order chi connectivity index (χ0) is 10.1. The van der Waals surface area contributed by atoms with E-state index in [0.29, 0.717) is 5.57 Å². The normalized spacial score (nSPS) is 11.3. The van der Waals surface area contributed by atoms with Crippen molar-refractivity contribution in [1.29, 1.82) is 5.26 Å². The second kappa shape index (κ2) is 6.69. The molecule has 0 aromatic rings. The van der Waals surface area contributed by atoms with Crippen LogP contribution < -0.4 is 0 Å². The zero-order valence-corrected chi connectivity index (χ0v) is 7.45. The number of aliphatic imine (C=N–C) groups is 1. The summed E-state index contributed by atoms with van der Waals surface area (Å²) in [5.41, 5.74) is 0.313. The van der Waals surface area contributed by atoms with Crippen molar-refractivity contribution in [3.05, 3.63) is 23.6 Å². The van der Waals surface area contributed by atoms with Gasteiger partial charge in [0.1, 0.15) is 11.6 Å². The topological polar surface area (TPSA) is 45.4 Å². The van der Waals surface area contributed by atoms with Gasteiger partial charge in [-0.05, 0) is 19.7 Å². The molecule has 0 aliphatic heterocycles. The Morgan fingerprint density at radius 2 is 2.46 bits per heavy atom. The second-order valence-corrected chi connectivity index (χ2v) is 1.98. The average Bonchev–Trinajstić information content (AvgIpc) is 2.17. The summed E-state index contributed by atoms with van der Waals surface area (Å²) in [6, 6.07) is 1.93. The highest BCUT2D eigenvalue weighted by Gasteiger charge is 2.01. The Bertz CT molecular complexity index is 313. The molecular formula is C10H10N2O. The number of hydrogen-bond acceptors (Lipinski definition) is 3. The smallest absolute Gasteiger partial charge is 0.231 e. The Hall–Kier alpha value is -2.00. The van der Waals surface area contributed by atoms with Gasteiger partial charge in [-0.2, -0.15) is 5.26 Å². The molecule has 0 aromatic carbocycles. The number of ether oxygens (including phenoxy) is 1. The summed E-state index contributed by atoms with van der Waals surface area (Å²) in [4.78, 5) is 3.55. The highest BCUT2D eigenvalue weighted by atomic mass is 16.5. The molecule has 0 rings (SSSR count). The average molecular weight is 174 g/mol. The van der Waals surface area contributed by atoms with Gasteiger partial charge >= 0.3 is 0 Å². The van der Waals surface area contributed by atoms with Gasteiger partial charge in [-0.3, -0.25) is 0 Å². The highest BCUT2D eigenvalue weighted by molar-refractivity contribution is 5.39. The molecule has 0 radical (unpaired) electrons. The molecule has 0 amide bonds. The van der Waals surface area contributed by atoms with Crippen LogP contribution in [0.3, 0.4) is 0 Å². The van der Waals surface area contributed by atoms with Gasteiger partial charge in [-0.15, -0.1) is 6.42 Å². The Morgan fingerprint density at radius 3 is 2.85 bits per heavy atom. The van der Waals surface area contributed by atoms with E-state index in [1.54, 1.807) is 19.1 Å². The van der Waals surface area contributed by atoms with Crippen LogP contribution in [0.5, 0.6) is 0 Å². The third-order valence-electron chi connectivity index (χ3n) is 1.12. The fraction of sp³-hybridized carbons (Fsp3) is 0.200. The highest BCUT2D eigenvalue weighted by Crippen LogP contribution is 2.07. The Labute approximate surface area is 78.0 Å². The van der Waals surface area contributed by atoms with Gasteiger partial charge in [-0.1, -0.05) is 12.0 Å². The minimum Gasteiger partial charge on any atom is -0.464 e. The molecule has 0 saturated carbocycles. The van der Waals surface area contributed by atoms with E-state index in [-0.39, 0.29) is 12.5 Å². The minimum absolute atomic E-state index is 0.0804. The summed E-state index contributed by atoms with van der Waals surface area (Å²) < 4.78 is 4.99. The lowest BCUT2D eigenvalue weighted by Crippen LogP contribution is -1.93. The van der Waals surface area contributed by atoms with Gasteiger partial charge in [0.25, 0.3) is 0 Å². The number of nitrogens with zero attached hydrogens (tertiary/aromatic N) is 2. The fourth-order valence-corrected chi connectivity index (χ4v) is 0.642. The summed E-state index contributed by atoms with van der Waals surface area (Å²) >= 11 is 0. The van der Waals surface area contributed by atoms with Crippen LogP contribution >= 0.6 is 0 Å². The van der Waals surface area contributed by atoms with Gasteiger partial charge in [0, 0.05) is 0 Å². The van der Waals surface area contributed by atoms with E-state index in [0.717, 1.165) is 0 Å². The summed E-state index contributed by atoms with van der Waals surface area (Å²) in [5.74, 6) is 2.44. The molecule has 0 bridgehead atoms. The van der Waals surface area contributed by atoms with Gasteiger partial charge in [-0.25, -0.2) is 4.99 Å². The molecule has 0 aliphatic carbocycles. The molecule has 66 valence electrons. The molecule has 0 saturated heterocycles. The van der Waals surface area contributed by atoms with E-state index in [1.165, 1.54) is 0 Å². The lowest BCUT2D eigenvalue weighted by molar-refractivity contribution is 0.250. The molecule has 0 aromatic heterocycles. The maximum atomic E-state index is 8.68. The SMILES string of the molecule is C#CCO/C(N=C)=C(C#N)/C=C\C. The van der Waals surface area contributed by atoms with Gasteiger partial charge in [0.05, 0.1) is 0 Å². The molecule has 0 unspecified atom stereocenters. The lowest BCUT2D eigenvalue weighted by atomic mass is 10.3. The molecule has 0 N–H and O–H groups in total. The largest absolute Gasteiger partial charge is 0.464 e. The first-order valence-corrected chi connectivity index (χ1v) is 3.60. The van der Waals surface area contributed by atoms with Crippen molar-refractivity contribution in [3.63, 3.8) is 0 Å². The quantitative estimate of drug-likeness (QED) is 0.214. The number of terminal acetylenes is 1. The van der Waals surface area contributed by atoms with Crippen LogP contribution in [-0.2, 0) is 4.74 Å². The van der Waals surface area contributed by atoms with Crippen LogP contribution in [0.4, 0.5) is 0 Å². The minimum atomic E-state index is 0.0804. The van der Waals surface area contributed by atoms with Gasteiger partial charge in [0.15, 0.2) is 6.61 Å². The van der Waals surface area contributed by atoms with Crippen molar-refractivity contribution in [1.82, 2.24) is 0 Å². The second-order valence-electron chi connectivity index (χ2n) is 1.98. The Kier molecular flexibility index (Phi) is 5.66. The van der Waals surface area contributed by atoms with E-state index in [1.807, 2.05) is 6.07 Å². The van der Waals surface area contributed by atoms with Crippen molar-refractivity contribution < 1.29 is 4.74 Å². The maximum absolute atomic E-state index is 8.68. The van der Waals surface area contributed by atoms with E-state index >= 15 is 0 Å². The molecule has 0 heterocycles. The van der Waals surface area contributed by atoms with Crippen LogP contribution in [0.25, 0.3) is 0 Å². The van der Waals surface area contributed by atoms with Crippen molar-refractivity contribution in [2.24, 2.45) is 4.99 Å². The molecule has 3 nitrogen and oxygen atoms in total. The number of hydrogen-bond donors (Lipinski definition) is 0. The molecule has 13 heavy (non-hydrogen) atoms. The Balaban J connectivity index is 4.76.